The van der Waals surface area contributed by atoms with Crippen LogP contribution in [0.4, 0.5) is 5.69 Å². The van der Waals surface area contributed by atoms with E-state index >= 15 is 0 Å². The van der Waals surface area contributed by atoms with Crippen molar-refractivity contribution in [3.8, 4) is 28.2 Å². The Balaban J connectivity index is 1.21. The summed E-state index contributed by atoms with van der Waals surface area (Å²) in [5.74, 6) is -1.02. The van der Waals surface area contributed by atoms with Crippen LogP contribution >= 0.6 is 11.8 Å². The van der Waals surface area contributed by atoms with Gasteiger partial charge in [0.15, 0.2) is 11.5 Å². The van der Waals surface area contributed by atoms with Crippen molar-refractivity contribution in [2.45, 2.75) is 69.7 Å². The predicted octanol–water partition coefficient (Wildman–Crippen LogP) is 4.74. The molecule has 252 valence electrons. The lowest BCUT2D eigenvalue weighted by Gasteiger charge is -2.27. The normalized spacial score (nSPS) is 17.5. The number of nitrogens with two attached hydrogens (primary N) is 1. The van der Waals surface area contributed by atoms with Gasteiger partial charge >= 0.3 is 0 Å². The van der Waals surface area contributed by atoms with Crippen LogP contribution in [0.3, 0.4) is 0 Å². The molecular formula is C38H40N5O5S+. The summed E-state index contributed by atoms with van der Waals surface area (Å²) >= 11 is 1.39. The number of hydrogen-bond acceptors (Lipinski definition) is 8. The highest BCUT2D eigenvalue weighted by atomic mass is 32.2. The number of anilines is 1. The fraction of sp³-hybridized carbons (Fsp3) is 0.342. The molecule has 2 heterocycles. The number of nitrogens with zero attached hydrogens (tertiary/aromatic N) is 3. The summed E-state index contributed by atoms with van der Waals surface area (Å²) in [5, 5.41) is 7.65. The predicted molar refractivity (Wildman–Crippen MR) is 188 cm³/mol. The van der Waals surface area contributed by atoms with E-state index in [0.717, 1.165) is 39.3 Å². The second-order valence-electron chi connectivity index (χ2n) is 12.8. The standard InChI is InChI=1S/C38H39N5O5S/c1-23(44)31(39)20-24-14-16-26(17-15-24)43-37-28-10-4-3-8-25(28)22-42(32-12-6-5-11-29(32)36(37)40-41-43)35(47)13-7-9-27(45)18-19-30-33(46)21-34(49-2)38(30)48/h3-6,8,10-12,14-17,30-31,34H,7,9,13,18-22,39H2,1-2H3/p+1. The lowest BCUT2D eigenvalue weighted by molar-refractivity contribution is -0.648. The lowest BCUT2D eigenvalue weighted by Crippen LogP contribution is -2.36. The number of carbonyl (C=O) groups excluding carboxylic acids is 5. The number of benzene rings is 3. The van der Waals surface area contributed by atoms with Crippen LogP contribution in [0.25, 0.3) is 28.2 Å². The molecule has 3 N–H and O–H groups in total. The van der Waals surface area contributed by atoms with Gasteiger partial charge in [-0.15, -0.1) is 4.68 Å². The molecule has 4 aromatic rings. The largest absolute Gasteiger partial charge is 0.321 e. The van der Waals surface area contributed by atoms with Gasteiger partial charge in [-0.2, -0.15) is 11.8 Å². The average Bonchev–Trinajstić information content (AvgIpc) is 3.65. The summed E-state index contributed by atoms with van der Waals surface area (Å²) in [4.78, 5) is 64.8. The molecule has 0 saturated heterocycles. The highest BCUT2D eigenvalue weighted by molar-refractivity contribution is 8.00. The number of hydrogen-bond donors (Lipinski definition) is 2. The number of aromatic amines is 1. The van der Waals surface area contributed by atoms with Crippen molar-refractivity contribution in [3.05, 3.63) is 83.9 Å². The van der Waals surface area contributed by atoms with Crippen molar-refractivity contribution < 1.29 is 28.7 Å². The molecule has 10 nitrogen and oxygen atoms in total. The maximum Gasteiger partial charge on any atom is 0.259 e. The molecule has 1 saturated carbocycles. The number of amides is 1. The van der Waals surface area contributed by atoms with Crippen molar-refractivity contribution in [2.75, 3.05) is 11.2 Å². The summed E-state index contributed by atoms with van der Waals surface area (Å²) < 4.78 is 1.93. The molecule has 0 radical (unpaired) electrons. The van der Waals surface area contributed by atoms with Crippen LogP contribution in [0.2, 0.25) is 0 Å². The minimum absolute atomic E-state index is 0.0418. The average molecular weight is 679 g/mol. The number of aromatic nitrogens is 3. The smallest absolute Gasteiger partial charge is 0.259 e. The SMILES string of the molecule is CSC1CC(=O)C(CCC(=O)CCCC(=O)N2Cc3ccccc3-c3c(n[nH][n+]3-c3ccc(CC(N)C(C)=O)cc3)-c3ccccc32)C1=O. The van der Waals surface area contributed by atoms with Crippen molar-refractivity contribution in [1.29, 1.82) is 0 Å². The van der Waals surface area contributed by atoms with Gasteiger partial charge in [0, 0.05) is 36.3 Å². The highest BCUT2D eigenvalue weighted by Gasteiger charge is 2.40. The zero-order valence-electron chi connectivity index (χ0n) is 27.7. The van der Waals surface area contributed by atoms with Gasteiger partial charge in [0.1, 0.15) is 17.3 Å². The van der Waals surface area contributed by atoms with Crippen LogP contribution in [0, 0.1) is 5.92 Å². The highest BCUT2D eigenvalue weighted by Crippen LogP contribution is 2.40. The van der Waals surface area contributed by atoms with Crippen LogP contribution in [0.1, 0.15) is 56.6 Å². The van der Waals surface area contributed by atoms with E-state index in [2.05, 4.69) is 5.21 Å². The van der Waals surface area contributed by atoms with Gasteiger partial charge in [-0.3, -0.25) is 24.0 Å². The van der Waals surface area contributed by atoms with Gasteiger partial charge in [0.25, 0.3) is 5.69 Å². The number of para-hydroxylation sites is 1. The Morgan fingerprint density at radius 3 is 2.41 bits per heavy atom. The van der Waals surface area contributed by atoms with Crippen LogP contribution in [-0.2, 0) is 36.9 Å². The fourth-order valence-electron chi connectivity index (χ4n) is 6.70. The Hall–Kier alpha value is -4.74. The van der Waals surface area contributed by atoms with Crippen LogP contribution in [-0.4, -0.2) is 56.9 Å². The minimum Gasteiger partial charge on any atom is -0.321 e. The molecule has 1 aromatic heterocycles. The first kappa shape index (κ1) is 34.1. The number of Topliss-reactive ketones (excluding diaryl/α,β-unsaturated/α-hetero) is 4. The molecule has 1 aliphatic carbocycles. The van der Waals surface area contributed by atoms with Gasteiger partial charge < -0.3 is 10.6 Å². The first-order valence-electron chi connectivity index (χ1n) is 16.6. The Morgan fingerprint density at radius 1 is 0.980 bits per heavy atom. The topological polar surface area (TPSA) is 147 Å². The fourth-order valence-corrected chi connectivity index (χ4v) is 7.43. The molecule has 1 amide bonds. The van der Waals surface area contributed by atoms with E-state index in [1.54, 1.807) is 4.90 Å². The quantitative estimate of drug-likeness (QED) is 0.162. The number of fused-ring (bicyclic) bond motifs is 5. The first-order chi connectivity index (χ1) is 23.7. The molecule has 6 rings (SSSR count). The van der Waals surface area contributed by atoms with Gasteiger partial charge in [0.05, 0.1) is 35.0 Å². The third-order valence-electron chi connectivity index (χ3n) is 9.51. The summed E-state index contributed by atoms with van der Waals surface area (Å²) in [6.45, 7) is 1.83. The van der Waals surface area contributed by atoms with E-state index in [9.17, 15) is 24.0 Å². The summed E-state index contributed by atoms with van der Waals surface area (Å²) in [6, 6.07) is 22.9. The zero-order valence-corrected chi connectivity index (χ0v) is 28.5. The number of H-pyrrole nitrogens is 1. The van der Waals surface area contributed by atoms with E-state index < -0.39 is 12.0 Å². The Labute approximate surface area is 289 Å². The molecule has 3 unspecified atom stereocenters. The van der Waals surface area contributed by atoms with Crippen LogP contribution < -0.4 is 15.3 Å². The molecule has 11 heteroatoms. The van der Waals surface area contributed by atoms with Gasteiger partial charge in [-0.05, 0) is 67.8 Å². The van der Waals surface area contributed by atoms with Gasteiger partial charge in [-0.25, -0.2) is 0 Å². The Morgan fingerprint density at radius 2 is 1.69 bits per heavy atom. The molecule has 2 aliphatic rings. The van der Waals surface area contributed by atoms with Crippen molar-refractivity contribution >= 4 is 46.5 Å². The van der Waals surface area contributed by atoms with E-state index in [1.807, 2.05) is 83.7 Å². The molecule has 1 aliphatic heterocycles. The van der Waals surface area contributed by atoms with Crippen LogP contribution in [0.5, 0.6) is 0 Å². The second-order valence-corrected chi connectivity index (χ2v) is 13.8. The molecule has 1 fully saturated rings. The van der Waals surface area contributed by atoms with E-state index in [1.165, 1.54) is 18.7 Å². The third-order valence-corrected chi connectivity index (χ3v) is 10.5. The van der Waals surface area contributed by atoms with Gasteiger partial charge in [0.2, 0.25) is 11.6 Å². The number of carbonyl (C=O) groups is 5. The zero-order chi connectivity index (χ0) is 34.7. The summed E-state index contributed by atoms with van der Waals surface area (Å²) in [7, 11) is 0. The molecule has 3 aromatic carbocycles. The van der Waals surface area contributed by atoms with Crippen molar-refractivity contribution in [1.82, 2.24) is 10.3 Å². The van der Waals surface area contributed by atoms with E-state index in [-0.39, 0.29) is 66.4 Å². The number of ketones is 4. The minimum atomic E-state index is -0.678. The molecule has 0 spiro atoms. The maximum absolute atomic E-state index is 13.9. The number of thioether (sulfide) groups is 1. The summed E-state index contributed by atoms with van der Waals surface area (Å²) in [5.41, 5.74) is 12.7. The molecule has 49 heavy (non-hydrogen) atoms. The van der Waals surface area contributed by atoms with Crippen LogP contribution in [0.15, 0.2) is 72.8 Å². The monoisotopic (exact) mass is 678 g/mol. The van der Waals surface area contributed by atoms with Crippen molar-refractivity contribution in [3.63, 3.8) is 0 Å². The molecular weight excluding hydrogens is 639 g/mol. The Kier molecular flexibility index (Phi) is 10.3. The van der Waals surface area contributed by atoms with E-state index in [4.69, 9.17) is 10.8 Å². The van der Waals surface area contributed by atoms with E-state index in [0.29, 0.717) is 25.1 Å². The third kappa shape index (κ3) is 7.18. The molecule has 3 atom stereocenters. The lowest BCUT2D eigenvalue weighted by atomic mass is 9.95. The molecule has 0 bridgehead atoms. The van der Waals surface area contributed by atoms with Gasteiger partial charge in [-0.1, -0.05) is 53.7 Å². The first-order valence-corrected chi connectivity index (χ1v) is 17.9. The Bertz CT molecular complexity index is 1920. The maximum atomic E-state index is 13.9. The summed E-state index contributed by atoms with van der Waals surface area (Å²) in [6.07, 6.45) is 3.70. The second kappa shape index (κ2) is 14.8. The number of rotatable bonds is 12. The van der Waals surface area contributed by atoms with Crippen molar-refractivity contribution in [2.24, 2.45) is 11.7 Å². The number of nitrogens with one attached hydrogen (secondary N) is 1.